The highest BCUT2D eigenvalue weighted by molar-refractivity contribution is 6.31. The second-order valence-electron chi connectivity index (χ2n) is 4.91. The predicted octanol–water partition coefficient (Wildman–Crippen LogP) is 1.22. The number of nitrogens with one attached hydrogen (secondary N) is 2. The maximum absolute atomic E-state index is 12.5. The molecular formula is C13H16Cl2N6O. The number of nitrogens with zero attached hydrogens (tertiary/aromatic N) is 4. The van der Waals surface area contributed by atoms with Crippen molar-refractivity contribution in [3.8, 4) is 5.69 Å². The Labute approximate surface area is 138 Å². The molecular weight excluding hydrogens is 327 g/mol. The Kier molecular flexibility index (Phi) is 5.70. The van der Waals surface area contributed by atoms with Crippen molar-refractivity contribution in [3.05, 3.63) is 35.1 Å². The highest BCUT2D eigenvalue weighted by atomic mass is 35.5. The number of benzene rings is 1. The minimum Gasteiger partial charge on any atom is -0.349 e. The van der Waals surface area contributed by atoms with Crippen LogP contribution in [0.1, 0.15) is 23.2 Å². The van der Waals surface area contributed by atoms with Crippen LogP contribution in [0.15, 0.2) is 24.5 Å². The van der Waals surface area contributed by atoms with Gasteiger partial charge in [0.05, 0.1) is 11.3 Å². The third kappa shape index (κ3) is 3.73. The van der Waals surface area contributed by atoms with Crippen molar-refractivity contribution < 1.29 is 4.79 Å². The Morgan fingerprint density at radius 1 is 1.36 bits per heavy atom. The van der Waals surface area contributed by atoms with Gasteiger partial charge in [-0.15, -0.1) is 17.5 Å². The quantitative estimate of drug-likeness (QED) is 0.875. The molecule has 1 aromatic heterocycles. The van der Waals surface area contributed by atoms with Gasteiger partial charge < -0.3 is 10.6 Å². The van der Waals surface area contributed by atoms with E-state index in [0.717, 1.165) is 25.9 Å². The summed E-state index contributed by atoms with van der Waals surface area (Å²) in [6.45, 7) is 1.83. The van der Waals surface area contributed by atoms with Crippen LogP contribution in [-0.2, 0) is 0 Å². The third-order valence-corrected chi connectivity index (χ3v) is 3.71. The van der Waals surface area contributed by atoms with E-state index in [1.54, 1.807) is 18.2 Å². The van der Waals surface area contributed by atoms with Gasteiger partial charge in [-0.25, -0.2) is 0 Å². The van der Waals surface area contributed by atoms with E-state index in [9.17, 15) is 4.79 Å². The van der Waals surface area contributed by atoms with Gasteiger partial charge in [0, 0.05) is 11.1 Å². The van der Waals surface area contributed by atoms with Crippen molar-refractivity contribution in [3.63, 3.8) is 0 Å². The predicted molar refractivity (Wildman–Crippen MR) is 84.8 cm³/mol. The number of aromatic nitrogens is 4. The summed E-state index contributed by atoms with van der Waals surface area (Å²) in [4.78, 5) is 12.5. The molecule has 9 heteroatoms. The number of hydrogen-bond acceptors (Lipinski definition) is 5. The second-order valence-corrected chi connectivity index (χ2v) is 5.35. The molecule has 1 aliphatic heterocycles. The number of amides is 1. The van der Waals surface area contributed by atoms with Gasteiger partial charge in [-0.05, 0) is 54.6 Å². The van der Waals surface area contributed by atoms with Gasteiger partial charge in [-0.3, -0.25) is 4.79 Å². The first-order valence-electron chi connectivity index (χ1n) is 6.78. The van der Waals surface area contributed by atoms with Crippen molar-refractivity contribution in [2.75, 3.05) is 13.1 Å². The molecule has 22 heavy (non-hydrogen) atoms. The fraction of sp³-hybridized carbons (Fsp3) is 0.385. The van der Waals surface area contributed by atoms with Gasteiger partial charge in [0.25, 0.3) is 5.91 Å². The molecule has 7 nitrogen and oxygen atoms in total. The van der Waals surface area contributed by atoms with E-state index in [4.69, 9.17) is 11.6 Å². The number of tetrazole rings is 1. The van der Waals surface area contributed by atoms with Crippen LogP contribution in [-0.4, -0.2) is 45.2 Å². The molecule has 0 aliphatic carbocycles. The second kappa shape index (κ2) is 7.53. The molecule has 2 heterocycles. The zero-order valence-electron chi connectivity index (χ0n) is 11.7. The normalized spacial score (nSPS) is 15.1. The first kappa shape index (κ1) is 16.7. The molecule has 3 rings (SSSR count). The molecule has 0 radical (unpaired) electrons. The maximum Gasteiger partial charge on any atom is 0.253 e. The lowest BCUT2D eigenvalue weighted by Crippen LogP contribution is -2.42. The molecule has 1 fully saturated rings. The van der Waals surface area contributed by atoms with Crippen LogP contribution in [0.4, 0.5) is 0 Å². The number of piperidine rings is 1. The van der Waals surface area contributed by atoms with Crippen LogP contribution in [0.25, 0.3) is 5.69 Å². The number of carbonyl (C=O) groups is 1. The molecule has 1 amide bonds. The average molecular weight is 343 g/mol. The van der Waals surface area contributed by atoms with Crippen molar-refractivity contribution in [1.82, 2.24) is 30.8 Å². The molecule has 1 aromatic carbocycles. The molecule has 0 spiro atoms. The summed E-state index contributed by atoms with van der Waals surface area (Å²) in [5, 5.41) is 17.8. The minimum atomic E-state index is -0.157. The van der Waals surface area contributed by atoms with Crippen molar-refractivity contribution in [1.29, 1.82) is 0 Å². The van der Waals surface area contributed by atoms with E-state index in [1.165, 1.54) is 11.0 Å². The molecule has 1 aliphatic rings. The van der Waals surface area contributed by atoms with Crippen LogP contribution in [0.5, 0.6) is 0 Å². The van der Waals surface area contributed by atoms with Crippen LogP contribution in [0, 0.1) is 0 Å². The number of rotatable bonds is 3. The van der Waals surface area contributed by atoms with E-state index in [2.05, 4.69) is 26.2 Å². The summed E-state index contributed by atoms with van der Waals surface area (Å²) in [7, 11) is 0. The molecule has 118 valence electrons. The lowest BCUT2D eigenvalue weighted by Gasteiger charge is -2.24. The average Bonchev–Trinajstić information content (AvgIpc) is 3.02. The Hall–Kier alpha value is -1.70. The summed E-state index contributed by atoms with van der Waals surface area (Å²) < 4.78 is 1.45. The van der Waals surface area contributed by atoms with E-state index >= 15 is 0 Å². The van der Waals surface area contributed by atoms with Crippen LogP contribution >= 0.6 is 24.0 Å². The fourth-order valence-electron chi connectivity index (χ4n) is 2.39. The Balaban J connectivity index is 0.00000176. The Morgan fingerprint density at radius 2 is 2.14 bits per heavy atom. The fourth-order valence-corrected chi connectivity index (χ4v) is 2.56. The van der Waals surface area contributed by atoms with Crippen LogP contribution in [0.3, 0.4) is 0 Å². The standard InChI is InChI=1S/C13H15ClN6O.ClH/c14-9-1-2-12(20-8-16-18-19-20)11(7-9)13(21)17-10-3-5-15-6-4-10;/h1-2,7-8,10,15H,3-6H2,(H,17,21);1H. The van der Waals surface area contributed by atoms with Crippen molar-refractivity contribution in [2.24, 2.45) is 0 Å². The lowest BCUT2D eigenvalue weighted by atomic mass is 10.1. The SMILES string of the molecule is Cl.O=C(NC1CCNCC1)c1cc(Cl)ccc1-n1cnnn1. The summed E-state index contributed by atoms with van der Waals surface area (Å²) in [5.74, 6) is -0.157. The van der Waals surface area contributed by atoms with Gasteiger partial charge in [-0.2, -0.15) is 4.68 Å². The highest BCUT2D eigenvalue weighted by Crippen LogP contribution is 2.19. The van der Waals surface area contributed by atoms with Gasteiger partial charge in [0.2, 0.25) is 0 Å². The molecule has 2 aromatic rings. The summed E-state index contributed by atoms with van der Waals surface area (Å²) in [5.41, 5.74) is 1.07. The Morgan fingerprint density at radius 3 is 2.82 bits per heavy atom. The van der Waals surface area contributed by atoms with E-state index in [1.807, 2.05) is 0 Å². The van der Waals surface area contributed by atoms with Gasteiger partial charge in [-0.1, -0.05) is 11.6 Å². The number of halogens is 2. The number of hydrogen-bond donors (Lipinski definition) is 2. The van der Waals surface area contributed by atoms with E-state index in [0.29, 0.717) is 16.3 Å². The first-order valence-corrected chi connectivity index (χ1v) is 7.16. The molecule has 1 saturated heterocycles. The third-order valence-electron chi connectivity index (χ3n) is 3.47. The zero-order chi connectivity index (χ0) is 14.7. The summed E-state index contributed by atoms with van der Waals surface area (Å²) in [6, 6.07) is 5.25. The first-order chi connectivity index (χ1) is 10.2. The monoisotopic (exact) mass is 342 g/mol. The zero-order valence-corrected chi connectivity index (χ0v) is 13.3. The Bertz CT molecular complexity index is 627. The molecule has 2 N–H and O–H groups in total. The minimum absolute atomic E-state index is 0. The molecule has 0 unspecified atom stereocenters. The lowest BCUT2D eigenvalue weighted by molar-refractivity contribution is 0.0929. The number of carbonyl (C=O) groups excluding carboxylic acids is 1. The van der Waals surface area contributed by atoms with Gasteiger partial charge in [0.15, 0.2) is 0 Å². The van der Waals surface area contributed by atoms with Crippen molar-refractivity contribution >= 4 is 29.9 Å². The van der Waals surface area contributed by atoms with Gasteiger partial charge in [0.1, 0.15) is 6.33 Å². The summed E-state index contributed by atoms with van der Waals surface area (Å²) >= 11 is 6.01. The largest absolute Gasteiger partial charge is 0.349 e. The smallest absolute Gasteiger partial charge is 0.253 e. The summed E-state index contributed by atoms with van der Waals surface area (Å²) in [6.07, 6.45) is 3.30. The molecule has 0 saturated carbocycles. The van der Waals surface area contributed by atoms with E-state index < -0.39 is 0 Å². The highest BCUT2D eigenvalue weighted by Gasteiger charge is 2.19. The van der Waals surface area contributed by atoms with Crippen LogP contribution in [0.2, 0.25) is 5.02 Å². The topological polar surface area (TPSA) is 84.7 Å². The van der Waals surface area contributed by atoms with Crippen molar-refractivity contribution in [2.45, 2.75) is 18.9 Å². The molecule has 0 atom stereocenters. The maximum atomic E-state index is 12.5. The molecule has 0 bridgehead atoms. The van der Waals surface area contributed by atoms with Crippen LogP contribution < -0.4 is 10.6 Å². The van der Waals surface area contributed by atoms with Gasteiger partial charge >= 0.3 is 0 Å². The van der Waals surface area contributed by atoms with E-state index in [-0.39, 0.29) is 24.4 Å².